The molecule has 33 heavy (non-hydrogen) atoms. The molecule has 2 N–H and O–H groups in total. The summed E-state index contributed by atoms with van der Waals surface area (Å²) in [6.45, 7) is 10.3. The van der Waals surface area contributed by atoms with E-state index in [0.29, 0.717) is 26.4 Å². The number of carboxylic acids is 2. The highest BCUT2D eigenvalue weighted by molar-refractivity contribution is 6.27. The van der Waals surface area contributed by atoms with Crippen molar-refractivity contribution < 1.29 is 34.0 Å². The fourth-order valence-electron chi connectivity index (χ4n) is 3.01. The first-order valence-corrected chi connectivity index (χ1v) is 10.4. The van der Waals surface area contributed by atoms with E-state index in [1.54, 1.807) is 0 Å². The van der Waals surface area contributed by atoms with Crippen LogP contribution >= 0.6 is 0 Å². The van der Waals surface area contributed by atoms with Crippen LogP contribution in [0.15, 0.2) is 42.5 Å². The Morgan fingerprint density at radius 2 is 1.45 bits per heavy atom. The summed E-state index contributed by atoms with van der Waals surface area (Å²) in [5, 5.41) is 15.9. The topological polar surface area (TPSA) is 115 Å². The highest BCUT2D eigenvalue weighted by atomic mass is 16.5. The Kier molecular flexibility index (Phi) is 9.62. The van der Waals surface area contributed by atoms with Crippen molar-refractivity contribution in [2.24, 2.45) is 0 Å². The third kappa shape index (κ3) is 8.08. The van der Waals surface area contributed by atoms with Gasteiger partial charge >= 0.3 is 11.9 Å². The summed E-state index contributed by atoms with van der Waals surface area (Å²) in [6.07, 6.45) is 0. The second-order valence-corrected chi connectivity index (χ2v) is 7.41. The van der Waals surface area contributed by atoms with Gasteiger partial charge in [-0.15, -0.1) is 0 Å². The Morgan fingerprint density at radius 3 is 2.09 bits per heavy atom. The molecule has 0 atom stereocenters. The minimum Gasteiger partial charge on any atom is -0.491 e. The van der Waals surface area contributed by atoms with Gasteiger partial charge in [0, 0.05) is 11.1 Å². The number of aryl methyl sites for hydroxylation is 3. The third-order valence-electron chi connectivity index (χ3n) is 4.74. The lowest BCUT2D eigenvalue weighted by molar-refractivity contribution is -0.159. The molecule has 0 bridgehead atoms. The Morgan fingerprint density at radius 1 is 0.818 bits per heavy atom. The number of nitrogens with zero attached hydrogens (tertiary/aromatic N) is 1. The molecule has 0 spiro atoms. The first-order valence-electron chi connectivity index (χ1n) is 10.4. The molecule has 0 unspecified atom stereocenters. The van der Waals surface area contributed by atoms with Gasteiger partial charge in [0.15, 0.2) is 0 Å². The van der Waals surface area contributed by atoms with Crippen molar-refractivity contribution in [3.8, 4) is 11.5 Å². The van der Waals surface area contributed by atoms with Crippen molar-refractivity contribution in [2.45, 2.75) is 27.7 Å². The molecule has 2 aromatic carbocycles. The highest BCUT2D eigenvalue weighted by Crippen LogP contribution is 2.24. The third-order valence-corrected chi connectivity index (χ3v) is 4.74. The van der Waals surface area contributed by atoms with Crippen molar-refractivity contribution in [2.75, 3.05) is 26.4 Å². The molecule has 0 saturated carbocycles. The van der Waals surface area contributed by atoms with Crippen LogP contribution in [0.3, 0.4) is 0 Å². The molecular weight excluding hydrogens is 426 g/mol. The van der Waals surface area contributed by atoms with Crippen LogP contribution in [-0.4, -0.2) is 53.6 Å². The molecular formula is C25H29NO7. The van der Waals surface area contributed by atoms with E-state index >= 15 is 0 Å². The monoisotopic (exact) mass is 455 g/mol. The normalized spacial score (nSPS) is 10.3. The number of rotatable bonds is 8. The van der Waals surface area contributed by atoms with Crippen LogP contribution < -0.4 is 9.47 Å². The van der Waals surface area contributed by atoms with Crippen LogP contribution in [-0.2, 0) is 14.3 Å². The van der Waals surface area contributed by atoms with Crippen molar-refractivity contribution in [1.29, 1.82) is 0 Å². The SMILES string of the molecule is Cc1cc(C)c(C)c(OCCOCCOc2cccc3ccc(C)nc23)c1.O=C(O)C(=O)O. The molecule has 1 aromatic heterocycles. The molecule has 176 valence electrons. The van der Waals surface area contributed by atoms with E-state index in [-0.39, 0.29) is 0 Å². The zero-order valence-electron chi connectivity index (χ0n) is 19.3. The lowest BCUT2D eigenvalue weighted by Crippen LogP contribution is -2.12. The summed E-state index contributed by atoms with van der Waals surface area (Å²) in [5.74, 6) is -1.92. The number of carbonyl (C=O) groups is 2. The van der Waals surface area contributed by atoms with Crippen LogP contribution in [0.2, 0.25) is 0 Å². The predicted octanol–water partition coefficient (Wildman–Crippen LogP) is 4.10. The van der Waals surface area contributed by atoms with E-state index in [1.165, 1.54) is 16.7 Å². The molecule has 0 aliphatic rings. The first-order chi connectivity index (χ1) is 15.7. The first kappa shape index (κ1) is 25.6. The maximum Gasteiger partial charge on any atom is 0.414 e. The average molecular weight is 456 g/mol. The molecule has 1 heterocycles. The van der Waals surface area contributed by atoms with Gasteiger partial charge in [-0.1, -0.05) is 24.3 Å². The second-order valence-electron chi connectivity index (χ2n) is 7.41. The largest absolute Gasteiger partial charge is 0.491 e. The van der Waals surface area contributed by atoms with Crippen LogP contribution in [0, 0.1) is 27.7 Å². The Balaban J connectivity index is 0.000000569. The molecule has 0 aliphatic carbocycles. The highest BCUT2D eigenvalue weighted by Gasteiger charge is 2.06. The molecule has 3 rings (SSSR count). The number of aliphatic carboxylic acids is 2. The molecule has 0 saturated heterocycles. The second kappa shape index (κ2) is 12.4. The van der Waals surface area contributed by atoms with Gasteiger partial charge < -0.3 is 24.4 Å². The Bertz CT molecular complexity index is 1100. The van der Waals surface area contributed by atoms with E-state index in [1.807, 2.05) is 31.2 Å². The fourth-order valence-corrected chi connectivity index (χ4v) is 3.01. The molecule has 0 radical (unpaired) electrons. The van der Waals surface area contributed by atoms with Crippen molar-refractivity contribution in [3.63, 3.8) is 0 Å². The number of fused-ring (bicyclic) bond motifs is 1. The number of pyridine rings is 1. The number of para-hydroxylation sites is 1. The molecule has 0 aliphatic heterocycles. The van der Waals surface area contributed by atoms with Crippen molar-refractivity contribution >= 4 is 22.8 Å². The average Bonchev–Trinajstić information content (AvgIpc) is 2.76. The standard InChI is InChI=1S/C23H27NO3.C2H2O4/c1-16-14-17(2)19(4)22(15-16)27-13-11-25-10-12-26-21-7-5-6-20-9-8-18(3)24-23(20)21;3-1(4)2(5)6/h5-9,14-15H,10-13H2,1-4H3;(H,3,4)(H,5,6). The number of hydrogen-bond acceptors (Lipinski definition) is 6. The minimum atomic E-state index is -1.82. The molecule has 0 amide bonds. The van der Waals surface area contributed by atoms with Gasteiger partial charge in [-0.3, -0.25) is 0 Å². The Labute approximate surface area is 192 Å². The molecule has 3 aromatic rings. The van der Waals surface area contributed by atoms with Gasteiger partial charge in [-0.2, -0.15) is 0 Å². The maximum atomic E-state index is 9.10. The van der Waals surface area contributed by atoms with Crippen molar-refractivity contribution in [1.82, 2.24) is 4.98 Å². The van der Waals surface area contributed by atoms with Gasteiger partial charge in [0.1, 0.15) is 30.2 Å². The lowest BCUT2D eigenvalue weighted by Gasteiger charge is -2.13. The van der Waals surface area contributed by atoms with Crippen LogP contribution in [0.1, 0.15) is 22.4 Å². The minimum absolute atomic E-state index is 0.483. The predicted molar refractivity (Wildman–Crippen MR) is 124 cm³/mol. The zero-order chi connectivity index (χ0) is 24.4. The van der Waals surface area contributed by atoms with Gasteiger partial charge in [-0.25, -0.2) is 14.6 Å². The molecule has 0 fully saturated rings. The van der Waals surface area contributed by atoms with Gasteiger partial charge in [0.2, 0.25) is 0 Å². The van der Waals surface area contributed by atoms with E-state index in [4.69, 9.17) is 34.0 Å². The van der Waals surface area contributed by atoms with E-state index in [2.05, 4.69) is 44.0 Å². The van der Waals surface area contributed by atoms with Gasteiger partial charge in [-0.05, 0) is 62.6 Å². The van der Waals surface area contributed by atoms with Crippen LogP contribution in [0.25, 0.3) is 10.9 Å². The zero-order valence-corrected chi connectivity index (χ0v) is 19.3. The summed E-state index contributed by atoms with van der Waals surface area (Å²) in [6, 6.07) is 14.3. The summed E-state index contributed by atoms with van der Waals surface area (Å²) in [4.78, 5) is 22.8. The van der Waals surface area contributed by atoms with Crippen LogP contribution in [0.5, 0.6) is 11.5 Å². The summed E-state index contributed by atoms with van der Waals surface area (Å²) < 4.78 is 17.4. The Hall–Kier alpha value is -3.65. The summed E-state index contributed by atoms with van der Waals surface area (Å²) in [5.41, 5.74) is 5.52. The van der Waals surface area contributed by atoms with E-state index in [9.17, 15) is 0 Å². The number of hydrogen-bond donors (Lipinski definition) is 2. The maximum absolute atomic E-state index is 9.10. The molecule has 8 nitrogen and oxygen atoms in total. The number of benzene rings is 2. The quantitative estimate of drug-likeness (QED) is 0.385. The van der Waals surface area contributed by atoms with Gasteiger partial charge in [0.25, 0.3) is 0 Å². The lowest BCUT2D eigenvalue weighted by atomic mass is 10.1. The number of ether oxygens (including phenoxy) is 3. The van der Waals surface area contributed by atoms with Crippen LogP contribution in [0.4, 0.5) is 0 Å². The van der Waals surface area contributed by atoms with E-state index < -0.39 is 11.9 Å². The van der Waals surface area contributed by atoms with Crippen molar-refractivity contribution in [3.05, 3.63) is 64.8 Å². The summed E-state index contributed by atoms with van der Waals surface area (Å²) in [7, 11) is 0. The fraction of sp³-hybridized carbons (Fsp3) is 0.320. The smallest absolute Gasteiger partial charge is 0.414 e. The number of aromatic nitrogens is 1. The number of carboxylic acid groups (broad SMARTS) is 2. The van der Waals surface area contributed by atoms with E-state index in [0.717, 1.165) is 28.1 Å². The molecule has 8 heteroatoms. The summed E-state index contributed by atoms with van der Waals surface area (Å²) >= 11 is 0. The van der Waals surface area contributed by atoms with Gasteiger partial charge in [0.05, 0.1) is 13.2 Å².